The summed E-state index contributed by atoms with van der Waals surface area (Å²) in [6.07, 6.45) is 0. The minimum atomic E-state index is -1.07. The molecule has 0 aromatic heterocycles. The number of anilines is 1. The molecule has 0 heterocycles. The van der Waals surface area contributed by atoms with E-state index < -0.39 is 12.6 Å². The highest BCUT2D eigenvalue weighted by Crippen LogP contribution is 2.19. The fourth-order valence-electron chi connectivity index (χ4n) is 1.07. The van der Waals surface area contributed by atoms with Gasteiger partial charge in [0.25, 0.3) is 0 Å². The van der Waals surface area contributed by atoms with E-state index in [0.29, 0.717) is 11.3 Å². The van der Waals surface area contributed by atoms with Gasteiger partial charge in [0.2, 0.25) is 0 Å². The monoisotopic (exact) mass is 206 g/mol. The molecule has 0 bridgehead atoms. The Bertz CT molecular complexity index is 410. The van der Waals surface area contributed by atoms with Crippen LogP contribution in [-0.4, -0.2) is 17.7 Å². The van der Waals surface area contributed by atoms with Gasteiger partial charge in [0.15, 0.2) is 6.61 Å². The first-order chi connectivity index (χ1) is 7.15. The maximum Gasteiger partial charge on any atom is 0.332 e. The molecule has 1 rings (SSSR count). The van der Waals surface area contributed by atoms with Gasteiger partial charge in [-0.25, -0.2) is 4.79 Å². The van der Waals surface area contributed by atoms with Crippen molar-refractivity contribution < 1.29 is 14.7 Å². The second kappa shape index (κ2) is 4.98. The number of carboxylic acid groups (broad SMARTS) is 1. The third-order valence-electron chi connectivity index (χ3n) is 1.76. The third kappa shape index (κ3) is 2.97. The van der Waals surface area contributed by atoms with Crippen LogP contribution in [0.15, 0.2) is 18.2 Å². The fourth-order valence-corrected chi connectivity index (χ4v) is 1.07. The van der Waals surface area contributed by atoms with Gasteiger partial charge in [-0.2, -0.15) is 5.26 Å². The molecule has 0 unspecified atom stereocenters. The van der Waals surface area contributed by atoms with Crippen LogP contribution in [-0.2, 0) is 9.63 Å². The van der Waals surface area contributed by atoms with Crippen LogP contribution in [0.1, 0.15) is 11.1 Å². The molecule has 0 saturated heterocycles. The molecule has 2 N–H and O–H groups in total. The number of nitrogens with zero attached hydrogens (tertiary/aromatic N) is 1. The van der Waals surface area contributed by atoms with Crippen LogP contribution in [0, 0.1) is 18.3 Å². The topological polar surface area (TPSA) is 82.3 Å². The Morgan fingerprint density at radius 3 is 3.00 bits per heavy atom. The molecular weight excluding hydrogens is 196 g/mol. The van der Waals surface area contributed by atoms with Gasteiger partial charge < -0.3 is 5.11 Å². The molecule has 0 amide bonds. The van der Waals surface area contributed by atoms with Gasteiger partial charge in [-0.05, 0) is 18.6 Å². The van der Waals surface area contributed by atoms with Crippen molar-refractivity contribution in [3.05, 3.63) is 29.3 Å². The van der Waals surface area contributed by atoms with Gasteiger partial charge in [-0.3, -0.25) is 10.3 Å². The Balaban J connectivity index is 2.76. The van der Waals surface area contributed by atoms with Crippen molar-refractivity contribution in [3.63, 3.8) is 0 Å². The van der Waals surface area contributed by atoms with Crippen LogP contribution < -0.4 is 5.48 Å². The van der Waals surface area contributed by atoms with Gasteiger partial charge in [-0.15, -0.1) is 0 Å². The van der Waals surface area contributed by atoms with E-state index in [0.717, 1.165) is 5.56 Å². The Hall–Kier alpha value is -2.06. The maximum absolute atomic E-state index is 10.2. The van der Waals surface area contributed by atoms with E-state index in [9.17, 15) is 4.79 Å². The zero-order chi connectivity index (χ0) is 11.3. The Morgan fingerprint density at radius 1 is 1.67 bits per heavy atom. The Morgan fingerprint density at radius 2 is 2.40 bits per heavy atom. The third-order valence-corrected chi connectivity index (χ3v) is 1.76. The highest BCUT2D eigenvalue weighted by molar-refractivity contribution is 5.68. The minimum absolute atomic E-state index is 0.417. The number of aliphatic carboxylic acids is 1. The normalized spacial score (nSPS) is 9.33. The Labute approximate surface area is 86.9 Å². The molecule has 78 valence electrons. The summed E-state index contributed by atoms with van der Waals surface area (Å²) >= 11 is 0. The van der Waals surface area contributed by atoms with E-state index in [-0.39, 0.29) is 0 Å². The summed E-state index contributed by atoms with van der Waals surface area (Å²) in [5.41, 5.74) is 4.20. The van der Waals surface area contributed by atoms with Crippen LogP contribution in [0.4, 0.5) is 5.69 Å². The summed E-state index contributed by atoms with van der Waals surface area (Å²) in [5.74, 6) is -1.07. The smallest absolute Gasteiger partial charge is 0.332 e. The van der Waals surface area contributed by atoms with Crippen molar-refractivity contribution in [3.8, 4) is 6.07 Å². The van der Waals surface area contributed by atoms with E-state index in [2.05, 4.69) is 5.48 Å². The number of carboxylic acids is 1. The summed E-state index contributed by atoms with van der Waals surface area (Å²) in [5, 5.41) is 17.1. The van der Waals surface area contributed by atoms with E-state index in [4.69, 9.17) is 15.2 Å². The summed E-state index contributed by atoms with van der Waals surface area (Å²) < 4.78 is 0. The molecule has 0 aliphatic rings. The van der Waals surface area contributed by atoms with Crippen LogP contribution in [0.25, 0.3) is 0 Å². The largest absolute Gasteiger partial charge is 0.479 e. The first kappa shape index (κ1) is 11.0. The van der Waals surface area contributed by atoms with Crippen LogP contribution in [0.5, 0.6) is 0 Å². The van der Waals surface area contributed by atoms with Crippen LogP contribution >= 0.6 is 0 Å². The first-order valence-electron chi connectivity index (χ1n) is 4.24. The van der Waals surface area contributed by atoms with E-state index in [1.54, 1.807) is 25.1 Å². The Kier molecular flexibility index (Phi) is 3.66. The summed E-state index contributed by atoms with van der Waals surface area (Å²) in [7, 11) is 0. The highest BCUT2D eigenvalue weighted by Gasteiger charge is 2.05. The fraction of sp³-hybridized carbons (Fsp3) is 0.200. The SMILES string of the molecule is Cc1cccc(C#N)c1NOCC(=O)O. The lowest BCUT2D eigenvalue weighted by Crippen LogP contribution is -2.12. The van der Waals surface area contributed by atoms with E-state index >= 15 is 0 Å². The van der Waals surface area contributed by atoms with Crippen molar-refractivity contribution in [1.29, 1.82) is 5.26 Å². The number of aryl methyl sites for hydroxylation is 1. The highest BCUT2D eigenvalue weighted by atomic mass is 16.7. The second-order valence-electron chi connectivity index (χ2n) is 2.89. The van der Waals surface area contributed by atoms with E-state index in [1.165, 1.54) is 0 Å². The lowest BCUT2D eigenvalue weighted by Gasteiger charge is -2.09. The molecule has 0 aliphatic carbocycles. The lowest BCUT2D eigenvalue weighted by molar-refractivity contribution is -0.141. The van der Waals surface area contributed by atoms with Crippen molar-refractivity contribution in [1.82, 2.24) is 0 Å². The maximum atomic E-state index is 10.2. The molecule has 1 aromatic carbocycles. The van der Waals surface area contributed by atoms with E-state index in [1.807, 2.05) is 6.07 Å². The summed E-state index contributed by atoms with van der Waals surface area (Å²) in [6.45, 7) is 1.34. The number of para-hydroxylation sites is 1. The van der Waals surface area contributed by atoms with Gasteiger partial charge in [0, 0.05) is 0 Å². The second-order valence-corrected chi connectivity index (χ2v) is 2.89. The zero-order valence-corrected chi connectivity index (χ0v) is 8.15. The predicted octanol–water partition coefficient (Wildman–Crippen LogP) is 1.29. The number of carbonyl (C=O) groups is 1. The summed E-state index contributed by atoms with van der Waals surface area (Å²) in [6, 6.07) is 7.15. The molecule has 0 aliphatic heterocycles. The molecule has 0 radical (unpaired) electrons. The molecular formula is C10H10N2O3. The molecule has 0 fully saturated rings. The van der Waals surface area contributed by atoms with Gasteiger partial charge in [-0.1, -0.05) is 12.1 Å². The predicted molar refractivity (Wildman–Crippen MR) is 53.1 cm³/mol. The van der Waals surface area contributed by atoms with Crippen molar-refractivity contribution in [2.45, 2.75) is 6.92 Å². The standard InChI is InChI=1S/C10H10N2O3/c1-7-3-2-4-8(5-11)10(7)12-15-6-9(13)14/h2-4,12H,6H2,1H3,(H,13,14). The number of rotatable bonds is 4. The minimum Gasteiger partial charge on any atom is -0.479 e. The van der Waals surface area contributed by atoms with Crippen molar-refractivity contribution >= 4 is 11.7 Å². The molecule has 1 aromatic rings. The van der Waals surface area contributed by atoms with Crippen LogP contribution in [0.2, 0.25) is 0 Å². The van der Waals surface area contributed by atoms with Crippen molar-refractivity contribution in [2.24, 2.45) is 0 Å². The zero-order valence-electron chi connectivity index (χ0n) is 8.15. The number of hydrogen-bond donors (Lipinski definition) is 2. The molecule has 5 nitrogen and oxygen atoms in total. The number of nitrogens with one attached hydrogen (secondary N) is 1. The number of hydrogen-bond acceptors (Lipinski definition) is 4. The molecule has 0 atom stereocenters. The molecule has 0 saturated carbocycles. The molecule has 0 spiro atoms. The lowest BCUT2D eigenvalue weighted by atomic mass is 10.1. The average molecular weight is 206 g/mol. The quantitative estimate of drug-likeness (QED) is 0.725. The van der Waals surface area contributed by atoms with Gasteiger partial charge in [0.05, 0.1) is 11.3 Å². The average Bonchev–Trinajstić information content (AvgIpc) is 2.20. The van der Waals surface area contributed by atoms with Gasteiger partial charge >= 0.3 is 5.97 Å². The first-order valence-corrected chi connectivity index (χ1v) is 4.24. The molecule has 5 heteroatoms. The van der Waals surface area contributed by atoms with Crippen LogP contribution in [0.3, 0.4) is 0 Å². The summed E-state index contributed by atoms with van der Waals surface area (Å²) in [4.78, 5) is 14.9. The number of benzene rings is 1. The van der Waals surface area contributed by atoms with Gasteiger partial charge in [0.1, 0.15) is 6.07 Å². The number of nitriles is 1. The van der Waals surface area contributed by atoms with Crippen molar-refractivity contribution in [2.75, 3.05) is 12.1 Å². The molecule has 15 heavy (non-hydrogen) atoms.